The van der Waals surface area contributed by atoms with Gasteiger partial charge in [-0.1, -0.05) is 47.5 Å². The van der Waals surface area contributed by atoms with Crippen LogP contribution in [0.3, 0.4) is 0 Å². The molecule has 2 aromatic rings. The van der Waals surface area contributed by atoms with E-state index >= 15 is 0 Å². The zero-order valence-electron chi connectivity index (χ0n) is 18.0. The molecule has 0 fully saturated rings. The number of hydrogen-bond donors (Lipinski definition) is 2. The van der Waals surface area contributed by atoms with Crippen molar-refractivity contribution in [3.05, 3.63) is 63.6 Å². The molecule has 0 aromatic heterocycles. The number of amides is 1. The summed E-state index contributed by atoms with van der Waals surface area (Å²) in [4.78, 5) is 11.9. The standard InChI is InChI=1S/C24H30Cl2N2O3/c1-30-22-12-10-19(17-23(22)31-2)7-4-13-27-14-5-15-28-24(29)8-3-6-18-9-11-20(25)21(26)16-18/h3,6,9-12,16-17,27H,4-5,7-8,13-15H2,1-2H3,(H,28,29)/b6-3+. The van der Waals surface area contributed by atoms with Crippen LogP contribution in [0.15, 0.2) is 42.5 Å². The maximum atomic E-state index is 11.9. The van der Waals surface area contributed by atoms with E-state index in [1.54, 1.807) is 26.4 Å². The Bertz CT molecular complexity index is 872. The molecular weight excluding hydrogens is 435 g/mol. The van der Waals surface area contributed by atoms with Crippen LogP contribution in [-0.2, 0) is 11.2 Å². The monoisotopic (exact) mass is 464 g/mol. The van der Waals surface area contributed by atoms with Gasteiger partial charge in [-0.3, -0.25) is 4.79 Å². The first kappa shape index (κ1) is 25.1. The fraction of sp³-hybridized carbons (Fsp3) is 0.375. The van der Waals surface area contributed by atoms with E-state index in [4.69, 9.17) is 32.7 Å². The van der Waals surface area contributed by atoms with Crippen molar-refractivity contribution in [3.8, 4) is 11.5 Å². The highest BCUT2D eigenvalue weighted by Crippen LogP contribution is 2.28. The first-order valence-corrected chi connectivity index (χ1v) is 11.1. The number of halogens is 2. The predicted octanol–water partition coefficient (Wildman–Crippen LogP) is 5.14. The van der Waals surface area contributed by atoms with Crippen molar-refractivity contribution >= 4 is 35.2 Å². The van der Waals surface area contributed by atoms with Crippen molar-refractivity contribution in [1.29, 1.82) is 0 Å². The largest absolute Gasteiger partial charge is 0.493 e. The summed E-state index contributed by atoms with van der Waals surface area (Å²) in [6.07, 6.45) is 6.90. The molecule has 31 heavy (non-hydrogen) atoms. The molecule has 0 aliphatic carbocycles. The van der Waals surface area contributed by atoms with Crippen LogP contribution in [-0.4, -0.2) is 39.8 Å². The maximum Gasteiger partial charge on any atom is 0.223 e. The number of nitrogens with one attached hydrogen (secondary N) is 2. The van der Waals surface area contributed by atoms with Crippen LogP contribution in [0.25, 0.3) is 6.08 Å². The van der Waals surface area contributed by atoms with E-state index in [-0.39, 0.29) is 5.91 Å². The molecule has 0 spiro atoms. The predicted molar refractivity (Wildman–Crippen MR) is 128 cm³/mol. The number of aryl methyl sites for hydroxylation is 1. The van der Waals surface area contributed by atoms with Gasteiger partial charge in [0.1, 0.15) is 0 Å². The van der Waals surface area contributed by atoms with Gasteiger partial charge in [-0.15, -0.1) is 0 Å². The summed E-state index contributed by atoms with van der Waals surface area (Å²) < 4.78 is 10.6. The maximum absolute atomic E-state index is 11.9. The Morgan fingerprint density at radius 3 is 2.45 bits per heavy atom. The molecule has 5 nitrogen and oxygen atoms in total. The Morgan fingerprint density at radius 2 is 1.71 bits per heavy atom. The van der Waals surface area contributed by atoms with Crippen molar-refractivity contribution in [2.24, 2.45) is 0 Å². The Labute approximate surface area is 194 Å². The molecule has 0 saturated carbocycles. The minimum atomic E-state index is 0.00441. The second kappa shape index (κ2) is 14.0. The smallest absolute Gasteiger partial charge is 0.223 e. The molecule has 168 valence electrons. The third-order valence-corrected chi connectivity index (χ3v) is 5.42. The molecule has 0 aliphatic heterocycles. The van der Waals surface area contributed by atoms with Gasteiger partial charge in [0, 0.05) is 13.0 Å². The zero-order valence-corrected chi connectivity index (χ0v) is 19.6. The van der Waals surface area contributed by atoms with Gasteiger partial charge >= 0.3 is 0 Å². The van der Waals surface area contributed by atoms with Crippen LogP contribution < -0.4 is 20.1 Å². The van der Waals surface area contributed by atoms with Gasteiger partial charge in [0.15, 0.2) is 11.5 Å². The van der Waals surface area contributed by atoms with Crippen molar-refractivity contribution in [2.45, 2.75) is 25.7 Å². The summed E-state index contributed by atoms with van der Waals surface area (Å²) in [5, 5.41) is 7.36. The number of benzene rings is 2. The number of carbonyl (C=O) groups is 1. The van der Waals surface area contributed by atoms with Crippen molar-refractivity contribution in [2.75, 3.05) is 33.9 Å². The van der Waals surface area contributed by atoms with Crippen LogP contribution in [0.4, 0.5) is 0 Å². The summed E-state index contributed by atoms with van der Waals surface area (Å²) in [5.41, 5.74) is 2.14. The molecule has 0 atom stereocenters. The van der Waals surface area contributed by atoms with Crippen molar-refractivity contribution in [3.63, 3.8) is 0 Å². The van der Waals surface area contributed by atoms with E-state index < -0.39 is 0 Å². The van der Waals surface area contributed by atoms with E-state index in [1.165, 1.54) is 5.56 Å². The molecule has 0 saturated heterocycles. The fourth-order valence-electron chi connectivity index (χ4n) is 3.01. The van der Waals surface area contributed by atoms with Gasteiger partial charge in [-0.2, -0.15) is 0 Å². The van der Waals surface area contributed by atoms with Crippen LogP contribution in [0.5, 0.6) is 11.5 Å². The van der Waals surface area contributed by atoms with Gasteiger partial charge < -0.3 is 20.1 Å². The molecule has 0 aliphatic rings. The highest BCUT2D eigenvalue weighted by Gasteiger charge is 2.04. The third kappa shape index (κ3) is 9.21. The van der Waals surface area contributed by atoms with Gasteiger partial charge in [0.25, 0.3) is 0 Å². The molecule has 2 N–H and O–H groups in total. The Kier molecular flexibility index (Phi) is 11.3. The van der Waals surface area contributed by atoms with Crippen LogP contribution in [0.2, 0.25) is 10.0 Å². The number of carbonyl (C=O) groups excluding carboxylic acids is 1. The topological polar surface area (TPSA) is 59.6 Å². The normalized spacial score (nSPS) is 11.0. The molecule has 2 aromatic carbocycles. The highest BCUT2D eigenvalue weighted by molar-refractivity contribution is 6.42. The average Bonchev–Trinajstić information content (AvgIpc) is 2.77. The van der Waals surface area contributed by atoms with Crippen LogP contribution in [0, 0.1) is 0 Å². The summed E-state index contributed by atoms with van der Waals surface area (Å²) >= 11 is 11.9. The molecular formula is C24H30Cl2N2O3. The van der Waals surface area contributed by atoms with Crippen LogP contribution >= 0.6 is 23.2 Å². The number of hydrogen-bond acceptors (Lipinski definition) is 4. The number of rotatable bonds is 13. The number of ether oxygens (including phenoxy) is 2. The molecule has 0 unspecified atom stereocenters. The van der Waals surface area contributed by atoms with E-state index in [0.29, 0.717) is 23.0 Å². The minimum Gasteiger partial charge on any atom is -0.493 e. The van der Waals surface area contributed by atoms with E-state index in [2.05, 4.69) is 16.7 Å². The second-order valence-electron chi connectivity index (χ2n) is 7.03. The average molecular weight is 465 g/mol. The Morgan fingerprint density at radius 1 is 0.935 bits per heavy atom. The molecule has 2 rings (SSSR count). The molecule has 0 heterocycles. The van der Waals surface area contributed by atoms with Crippen LogP contribution in [0.1, 0.15) is 30.4 Å². The summed E-state index contributed by atoms with van der Waals surface area (Å²) in [6, 6.07) is 11.4. The Hall–Kier alpha value is -2.21. The zero-order chi connectivity index (χ0) is 22.5. The van der Waals surface area contributed by atoms with Gasteiger partial charge in [-0.25, -0.2) is 0 Å². The van der Waals surface area contributed by atoms with E-state index in [1.807, 2.05) is 30.4 Å². The van der Waals surface area contributed by atoms with Crippen molar-refractivity contribution < 1.29 is 14.3 Å². The SMILES string of the molecule is COc1ccc(CCCNCCCNC(=O)C/C=C/c2ccc(Cl)c(Cl)c2)cc1OC. The fourth-order valence-corrected chi connectivity index (χ4v) is 3.32. The molecule has 1 amide bonds. The van der Waals surface area contributed by atoms with E-state index in [9.17, 15) is 4.79 Å². The summed E-state index contributed by atoms with van der Waals surface area (Å²) in [6.45, 7) is 2.45. The molecule has 0 radical (unpaired) electrons. The lowest BCUT2D eigenvalue weighted by molar-refractivity contribution is -0.120. The first-order chi connectivity index (χ1) is 15.0. The first-order valence-electron chi connectivity index (χ1n) is 10.3. The lowest BCUT2D eigenvalue weighted by Crippen LogP contribution is -2.27. The summed E-state index contributed by atoms with van der Waals surface area (Å²) in [7, 11) is 3.28. The van der Waals surface area contributed by atoms with Gasteiger partial charge in [0.05, 0.1) is 24.3 Å². The molecule has 7 heteroatoms. The number of methoxy groups -OCH3 is 2. The van der Waals surface area contributed by atoms with Gasteiger partial charge in [-0.05, 0) is 67.7 Å². The lowest BCUT2D eigenvalue weighted by Gasteiger charge is -2.10. The quantitative estimate of drug-likeness (QED) is 0.402. The summed E-state index contributed by atoms with van der Waals surface area (Å²) in [5.74, 6) is 1.51. The Balaban J connectivity index is 1.52. The second-order valence-corrected chi connectivity index (χ2v) is 7.84. The van der Waals surface area contributed by atoms with Gasteiger partial charge in [0.2, 0.25) is 5.91 Å². The minimum absolute atomic E-state index is 0.00441. The lowest BCUT2D eigenvalue weighted by atomic mass is 10.1. The van der Waals surface area contributed by atoms with Crippen molar-refractivity contribution in [1.82, 2.24) is 10.6 Å². The molecule has 0 bridgehead atoms. The third-order valence-electron chi connectivity index (χ3n) is 4.68. The highest BCUT2D eigenvalue weighted by atomic mass is 35.5. The van der Waals surface area contributed by atoms with E-state index in [0.717, 1.165) is 49.4 Å².